The van der Waals surface area contributed by atoms with Crippen LogP contribution in [0.1, 0.15) is 10.4 Å². The second-order valence-corrected chi connectivity index (χ2v) is 9.33. The summed E-state index contributed by atoms with van der Waals surface area (Å²) in [6.45, 7) is 0.745. The van der Waals surface area contributed by atoms with Gasteiger partial charge in [-0.15, -0.1) is 0 Å². The molecule has 32 heavy (non-hydrogen) atoms. The molecule has 1 saturated heterocycles. The number of aliphatic imine (C=N–C) groups is 1. The summed E-state index contributed by atoms with van der Waals surface area (Å²) < 4.78 is 0. The zero-order chi connectivity index (χ0) is 22.4. The van der Waals surface area contributed by atoms with Crippen molar-refractivity contribution in [1.82, 2.24) is 9.80 Å². The van der Waals surface area contributed by atoms with Crippen molar-refractivity contribution < 1.29 is 14.4 Å². The first-order valence-electron chi connectivity index (χ1n) is 10.2. The number of nitrogens with one attached hydrogen (secondary N) is 1. The molecule has 3 aliphatic rings. The average molecular weight is 470 g/mol. The standard InChI is InChI=1S/C22H20ClN5O3S/c23-14-4-1-12(2-5-14)13-3-6-16-15(9-13)20(30)28-8-7-27(10-18(28)19(29)25-16)21(31)17-11-32-22(24)26-17/h1-6,9,17-18H,7-8,10-11H2,(H2,24,26)(H,25,29). The highest BCUT2D eigenvalue weighted by Crippen LogP contribution is 2.31. The van der Waals surface area contributed by atoms with Gasteiger partial charge in [-0.2, -0.15) is 0 Å². The van der Waals surface area contributed by atoms with Crippen molar-refractivity contribution in [3.05, 3.63) is 53.1 Å². The van der Waals surface area contributed by atoms with Crippen LogP contribution in [0.5, 0.6) is 0 Å². The molecule has 0 saturated carbocycles. The van der Waals surface area contributed by atoms with Gasteiger partial charge in [-0.3, -0.25) is 14.4 Å². The van der Waals surface area contributed by atoms with Crippen molar-refractivity contribution in [3.8, 4) is 11.1 Å². The third-order valence-electron chi connectivity index (χ3n) is 5.90. The van der Waals surface area contributed by atoms with E-state index in [2.05, 4.69) is 10.3 Å². The van der Waals surface area contributed by atoms with E-state index in [4.69, 9.17) is 17.3 Å². The van der Waals surface area contributed by atoms with E-state index in [0.717, 1.165) is 11.1 Å². The van der Waals surface area contributed by atoms with Crippen LogP contribution in [0.3, 0.4) is 0 Å². The predicted molar refractivity (Wildman–Crippen MR) is 125 cm³/mol. The molecule has 164 valence electrons. The molecule has 3 amide bonds. The van der Waals surface area contributed by atoms with E-state index in [1.54, 1.807) is 34.1 Å². The number of nitrogens with zero attached hydrogens (tertiary/aromatic N) is 3. The van der Waals surface area contributed by atoms with Crippen LogP contribution in [-0.2, 0) is 9.59 Å². The molecule has 0 bridgehead atoms. The number of carbonyl (C=O) groups excluding carboxylic acids is 3. The number of nitrogens with two attached hydrogens (primary N) is 1. The topological polar surface area (TPSA) is 108 Å². The Morgan fingerprint density at radius 2 is 1.88 bits per heavy atom. The molecule has 5 rings (SSSR count). The number of fused-ring (bicyclic) bond motifs is 2. The molecule has 3 N–H and O–H groups in total. The predicted octanol–water partition coefficient (Wildman–Crippen LogP) is 2.04. The summed E-state index contributed by atoms with van der Waals surface area (Å²) in [4.78, 5) is 46.6. The fraction of sp³-hybridized carbons (Fsp3) is 0.273. The molecule has 1 fully saturated rings. The van der Waals surface area contributed by atoms with Gasteiger partial charge in [0.2, 0.25) is 11.8 Å². The quantitative estimate of drug-likeness (QED) is 0.699. The van der Waals surface area contributed by atoms with E-state index >= 15 is 0 Å². The van der Waals surface area contributed by atoms with Crippen LogP contribution >= 0.6 is 23.4 Å². The summed E-state index contributed by atoms with van der Waals surface area (Å²) in [5.41, 5.74) is 8.35. The number of rotatable bonds is 2. The minimum Gasteiger partial charge on any atom is -0.379 e. The summed E-state index contributed by atoms with van der Waals surface area (Å²) in [5.74, 6) is -0.202. The SMILES string of the molecule is NC1=NC(C(=O)N2CCN3C(=O)c4cc(-c5ccc(Cl)cc5)ccc4NC(=O)C3C2)CS1. The molecule has 3 aliphatic heterocycles. The first-order valence-corrected chi connectivity index (χ1v) is 11.5. The number of amides is 3. The molecule has 2 atom stereocenters. The van der Waals surface area contributed by atoms with Crippen molar-refractivity contribution in [2.45, 2.75) is 12.1 Å². The van der Waals surface area contributed by atoms with Gasteiger partial charge in [-0.1, -0.05) is 41.6 Å². The molecule has 2 aromatic rings. The molecule has 2 unspecified atom stereocenters. The highest BCUT2D eigenvalue weighted by atomic mass is 35.5. The normalized spacial score (nSPS) is 22.6. The van der Waals surface area contributed by atoms with Gasteiger partial charge in [0.05, 0.1) is 17.8 Å². The molecular formula is C22H20ClN5O3S. The van der Waals surface area contributed by atoms with Gasteiger partial charge in [-0.05, 0) is 35.4 Å². The summed E-state index contributed by atoms with van der Waals surface area (Å²) >= 11 is 7.33. The van der Waals surface area contributed by atoms with Crippen LogP contribution in [0.25, 0.3) is 11.1 Å². The van der Waals surface area contributed by atoms with Crippen molar-refractivity contribution in [2.24, 2.45) is 10.7 Å². The van der Waals surface area contributed by atoms with Gasteiger partial charge in [0.15, 0.2) is 5.17 Å². The Morgan fingerprint density at radius 1 is 1.12 bits per heavy atom. The van der Waals surface area contributed by atoms with E-state index in [1.165, 1.54) is 11.8 Å². The first kappa shape index (κ1) is 20.8. The number of carbonyl (C=O) groups is 3. The van der Waals surface area contributed by atoms with Crippen molar-refractivity contribution in [1.29, 1.82) is 0 Å². The highest BCUT2D eigenvalue weighted by molar-refractivity contribution is 8.14. The van der Waals surface area contributed by atoms with Crippen molar-refractivity contribution in [3.63, 3.8) is 0 Å². The third kappa shape index (κ3) is 3.71. The van der Waals surface area contributed by atoms with Crippen LogP contribution < -0.4 is 11.1 Å². The molecule has 0 radical (unpaired) electrons. The second-order valence-electron chi connectivity index (χ2n) is 7.85. The van der Waals surface area contributed by atoms with Crippen LogP contribution in [0.15, 0.2) is 47.5 Å². The number of hydrogen-bond donors (Lipinski definition) is 2. The Morgan fingerprint density at radius 3 is 2.59 bits per heavy atom. The zero-order valence-electron chi connectivity index (χ0n) is 17.0. The highest BCUT2D eigenvalue weighted by Gasteiger charge is 2.42. The van der Waals surface area contributed by atoms with E-state index in [9.17, 15) is 14.4 Å². The number of amidine groups is 1. The van der Waals surface area contributed by atoms with Gasteiger partial charge >= 0.3 is 0 Å². The Hall–Kier alpha value is -3.04. The molecule has 3 heterocycles. The van der Waals surface area contributed by atoms with E-state index < -0.39 is 12.1 Å². The van der Waals surface area contributed by atoms with Gasteiger partial charge in [0.25, 0.3) is 5.91 Å². The number of benzene rings is 2. The number of halogens is 1. The number of hydrogen-bond acceptors (Lipinski definition) is 6. The fourth-order valence-corrected chi connectivity index (χ4v) is 5.08. The summed E-state index contributed by atoms with van der Waals surface area (Å²) in [7, 11) is 0. The second kappa shape index (κ2) is 8.14. The smallest absolute Gasteiger partial charge is 0.256 e. The minimum atomic E-state index is -0.762. The van der Waals surface area contributed by atoms with Crippen LogP contribution in [0.2, 0.25) is 5.02 Å². The monoisotopic (exact) mass is 469 g/mol. The average Bonchev–Trinajstić information content (AvgIpc) is 3.20. The van der Waals surface area contributed by atoms with Gasteiger partial charge in [-0.25, -0.2) is 4.99 Å². The van der Waals surface area contributed by atoms with Gasteiger partial charge in [0, 0.05) is 23.9 Å². The molecular weight excluding hydrogens is 450 g/mol. The Bertz CT molecular complexity index is 1150. The lowest BCUT2D eigenvalue weighted by Gasteiger charge is -2.39. The first-order chi connectivity index (χ1) is 15.4. The molecule has 0 spiro atoms. The van der Waals surface area contributed by atoms with Gasteiger partial charge in [0.1, 0.15) is 12.1 Å². The molecule has 0 aliphatic carbocycles. The van der Waals surface area contributed by atoms with Crippen molar-refractivity contribution >= 4 is 51.9 Å². The van der Waals surface area contributed by atoms with Crippen LogP contribution in [0.4, 0.5) is 5.69 Å². The Balaban J connectivity index is 1.41. The lowest BCUT2D eigenvalue weighted by molar-refractivity contribution is -0.136. The Labute approximate surface area is 193 Å². The summed E-state index contributed by atoms with van der Waals surface area (Å²) in [5, 5.41) is 3.89. The molecule has 8 nitrogen and oxygen atoms in total. The van der Waals surface area contributed by atoms with E-state index in [1.807, 2.05) is 18.2 Å². The summed E-state index contributed by atoms with van der Waals surface area (Å²) in [6, 6.07) is 11.4. The van der Waals surface area contributed by atoms with E-state index in [0.29, 0.717) is 33.7 Å². The molecule has 10 heteroatoms. The Kier molecular flexibility index (Phi) is 5.30. The maximum Gasteiger partial charge on any atom is 0.256 e. The number of thioether (sulfide) groups is 1. The maximum atomic E-state index is 13.4. The largest absolute Gasteiger partial charge is 0.379 e. The van der Waals surface area contributed by atoms with Crippen LogP contribution in [-0.4, -0.2) is 70.2 Å². The minimum absolute atomic E-state index is 0.130. The molecule has 2 aromatic carbocycles. The van der Waals surface area contributed by atoms with Crippen molar-refractivity contribution in [2.75, 3.05) is 30.7 Å². The fourth-order valence-electron chi connectivity index (χ4n) is 4.20. The number of piperazine rings is 1. The lowest BCUT2D eigenvalue weighted by atomic mass is 10.0. The maximum absolute atomic E-state index is 13.4. The molecule has 0 aromatic heterocycles. The summed E-state index contributed by atoms with van der Waals surface area (Å²) in [6.07, 6.45) is 0. The van der Waals surface area contributed by atoms with Crippen LogP contribution in [0, 0.1) is 0 Å². The third-order valence-corrected chi connectivity index (χ3v) is 7.03. The van der Waals surface area contributed by atoms with E-state index in [-0.39, 0.29) is 30.8 Å². The van der Waals surface area contributed by atoms with Gasteiger partial charge < -0.3 is 20.9 Å². The lowest BCUT2D eigenvalue weighted by Crippen LogP contribution is -2.60. The number of anilines is 1. The zero-order valence-corrected chi connectivity index (χ0v) is 18.5.